The van der Waals surface area contributed by atoms with Crippen LogP contribution in [0.3, 0.4) is 0 Å². The van der Waals surface area contributed by atoms with E-state index >= 15 is 0 Å². The van der Waals surface area contributed by atoms with E-state index in [2.05, 4.69) is 64.6 Å². The van der Waals surface area contributed by atoms with Gasteiger partial charge in [-0.15, -0.1) is 0 Å². The van der Waals surface area contributed by atoms with Gasteiger partial charge in [0.15, 0.2) is 0 Å². The lowest BCUT2D eigenvalue weighted by Crippen LogP contribution is -2.30. The number of imidazole rings is 1. The van der Waals surface area contributed by atoms with Crippen LogP contribution in [0.4, 0.5) is 0 Å². The van der Waals surface area contributed by atoms with E-state index in [1.54, 1.807) is 0 Å². The number of aromatic nitrogens is 2. The van der Waals surface area contributed by atoms with E-state index in [0.717, 1.165) is 38.5 Å². The van der Waals surface area contributed by atoms with Gasteiger partial charge in [-0.2, -0.15) is 0 Å². The lowest BCUT2D eigenvalue weighted by Gasteiger charge is -2.22. The SMILES string of the molecule is CCCCCCCCn1cc[n+](CCCCC)c1.CCCCCOP(=O)([O-])OCCCCC. The maximum Gasteiger partial charge on any atom is 0.267 e. The van der Waals surface area contributed by atoms with Crippen LogP contribution < -0.4 is 9.46 Å². The maximum absolute atomic E-state index is 11.1. The molecule has 6 nitrogen and oxygen atoms in total. The predicted molar refractivity (Wildman–Crippen MR) is 136 cm³/mol. The Morgan fingerprint density at radius 3 is 1.79 bits per heavy atom. The number of rotatable bonds is 21. The van der Waals surface area contributed by atoms with Crippen LogP contribution in [0.15, 0.2) is 18.7 Å². The summed E-state index contributed by atoms with van der Waals surface area (Å²) < 4.78 is 25.2. The zero-order chi connectivity index (χ0) is 24.6. The molecule has 0 aliphatic carbocycles. The largest absolute Gasteiger partial charge is 0.756 e. The molecule has 0 radical (unpaired) electrons. The van der Waals surface area contributed by atoms with Crippen molar-refractivity contribution in [3.8, 4) is 0 Å². The molecule has 0 bridgehead atoms. The fraction of sp³-hybridized carbons (Fsp3) is 0.885. The number of phosphoric acid groups is 1. The summed E-state index contributed by atoms with van der Waals surface area (Å²) in [5.74, 6) is 0. The van der Waals surface area contributed by atoms with E-state index in [0.29, 0.717) is 0 Å². The van der Waals surface area contributed by atoms with Crippen LogP contribution in [-0.2, 0) is 26.7 Å². The summed E-state index contributed by atoms with van der Waals surface area (Å²) in [7, 11) is -4.02. The molecule has 1 aromatic rings. The third-order valence-electron chi connectivity index (χ3n) is 5.53. The number of aryl methyl sites for hydroxylation is 2. The predicted octanol–water partition coefficient (Wildman–Crippen LogP) is 7.19. The first-order valence-corrected chi connectivity index (χ1v) is 15.1. The molecule has 0 unspecified atom stereocenters. The summed E-state index contributed by atoms with van der Waals surface area (Å²) in [4.78, 5) is 11.1. The van der Waals surface area contributed by atoms with Crippen molar-refractivity contribution in [2.45, 2.75) is 137 Å². The molecule has 196 valence electrons. The van der Waals surface area contributed by atoms with Gasteiger partial charge in [0.25, 0.3) is 7.82 Å². The zero-order valence-electron chi connectivity index (χ0n) is 22.1. The monoisotopic (exact) mass is 488 g/mol. The molecular weight excluding hydrogens is 435 g/mol. The standard InChI is InChI=1S/C16H31N2.C10H23O4P/c1-3-5-7-8-9-11-13-18-15-14-17(16-18)12-10-6-4-2;1-3-5-7-9-13-15(11,12)14-10-8-6-4-2/h14-16H,3-13H2,1-2H3;3-10H2,1-2H3,(H,11,12)/q+1;/p-1. The number of unbranched alkanes of at least 4 members (excludes halogenated alkanes) is 11. The number of hydrogen-bond donors (Lipinski definition) is 0. The Balaban J connectivity index is 0.000000633. The quantitative estimate of drug-likeness (QED) is 0.104. The van der Waals surface area contributed by atoms with E-state index in [4.69, 9.17) is 0 Å². The molecule has 0 saturated carbocycles. The van der Waals surface area contributed by atoms with Gasteiger partial charge in [0.2, 0.25) is 6.33 Å². The van der Waals surface area contributed by atoms with Crippen molar-refractivity contribution in [3.63, 3.8) is 0 Å². The van der Waals surface area contributed by atoms with Gasteiger partial charge in [0.1, 0.15) is 12.4 Å². The highest BCUT2D eigenvalue weighted by Crippen LogP contribution is 2.38. The van der Waals surface area contributed by atoms with Gasteiger partial charge in [-0.05, 0) is 38.5 Å². The Morgan fingerprint density at radius 1 is 0.727 bits per heavy atom. The fourth-order valence-electron chi connectivity index (χ4n) is 3.42. The van der Waals surface area contributed by atoms with Crippen molar-refractivity contribution >= 4 is 7.82 Å². The summed E-state index contributed by atoms with van der Waals surface area (Å²) in [6.45, 7) is 11.5. The van der Waals surface area contributed by atoms with Gasteiger partial charge in [0, 0.05) is 0 Å². The lowest BCUT2D eigenvalue weighted by atomic mass is 10.1. The minimum Gasteiger partial charge on any atom is -0.756 e. The minimum absolute atomic E-state index is 0.238. The Morgan fingerprint density at radius 2 is 1.21 bits per heavy atom. The second-order valence-corrected chi connectivity index (χ2v) is 10.3. The van der Waals surface area contributed by atoms with Gasteiger partial charge in [-0.25, -0.2) is 9.13 Å². The molecule has 0 spiro atoms. The average molecular weight is 489 g/mol. The summed E-state index contributed by atoms with van der Waals surface area (Å²) in [5, 5.41) is 0. The maximum atomic E-state index is 11.1. The molecule has 0 aliphatic heterocycles. The molecule has 1 rings (SSSR count). The highest BCUT2D eigenvalue weighted by atomic mass is 31.2. The summed E-state index contributed by atoms with van der Waals surface area (Å²) in [6, 6.07) is 0. The molecule has 0 amide bonds. The average Bonchev–Trinajstić information content (AvgIpc) is 3.25. The molecule has 0 atom stereocenters. The van der Waals surface area contributed by atoms with Crippen LogP contribution in [-0.4, -0.2) is 17.8 Å². The van der Waals surface area contributed by atoms with Crippen LogP contribution in [0.1, 0.15) is 124 Å². The second-order valence-electron chi connectivity index (χ2n) is 8.89. The van der Waals surface area contributed by atoms with Crippen molar-refractivity contribution in [3.05, 3.63) is 18.7 Å². The summed E-state index contributed by atoms with van der Waals surface area (Å²) in [5.41, 5.74) is 0. The molecular formula is C26H53N2O4P. The highest BCUT2D eigenvalue weighted by Gasteiger charge is 2.08. The van der Waals surface area contributed by atoms with Crippen molar-refractivity contribution < 1.29 is 23.1 Å². The highest BCUT2D eigenvalue weighted by molar-refractivity contribution is 7.45. The Hall–Kier alpha value is -0.680. The van der Waals surface area contributed by atoms with Gasteiger partial charge in [-0.3, -0.25) is 4.57 Å². The topological polar surface area (TPSA) is 67.4 Å². The van der Waals surface area contributed by atoms with Crippen LogP contribution >= 0.6 is 7.82 Å². The number of nitrogens with zero attached hydrogens (tertiary/aromatic N) is 2. The minimum atomic E-state index is -4.02. The van der Waals surface area contributed by atoms with Crippen molar-refractivity contribution in [1.29, 1.82) is 0 Å². The van der Waals surface area contributed by atoms with Crippen LogP contribution in [0.5, 0.6) is 0 Å². The third kappa shape index (κ3) is 21.6. The van der Waals surface area contributed by atoms with Crippen LogP contribution in [0.25, 0.3) is 0 Å². The molecule has 1 aromatic heterocycles. The smallest absolute Gasteiger partial charge is 0.267 e. The molecule has 0 N–H and O–H groups in total. The van der Waals surface area contributed by atoms with Crippen molar-refractivity contribution in [2.75, 3.05) is 13.2 Å². The molecule has 0 aromatic carbocycles. The number of hydrogen-bond acceptors (Lipinski definition) is 4. The molecule has 7 heteroatoms. The zero-order valence-corrected chi connectivity index (χ0v) is 23.0. The molecule has 0 saturated heterocycles. The van der Waals surface area contributed by atoms with Crippen molar-refractivity contribution in [2.24, 2.45) is 0 Å². The normalized spacial score (nSPS) is 11.4. The summed E-state index contributed by atoms with van der Waals surface area (Å²) in [6.07, 6.45) is 24.5. The molecule has 0 fully saturated rings. The van der Waals surface area contributed by atoms with Gasteiger partial charge >= 0.3 is 0 Å². The second kappa shape index (κ2) is 23.1. The number of phosphoric ester groups is 1. The Labute approximate surface area is 204 Å². The van der Waals surface area contributed by atoms with E-state index < -0.39 is 7.82 Å². The first kappa shape index (κ1) is 32.3. The van der Waals surface area contributed by atoms with Crippen molar-refractivity contribution in [1.82, 2.24) is 4.57 Å². The Kier molecular flexibility index (Phi) is 22.6. The Bertz CT molecular complexity index is 564. The fourth-order valence-corrected chi connectivity index (χ4v) is 4.20. The molecule has 1 heterocycles. The first-order chi connectivity index (χ1) is 16.0. The van der Waals surface area contributed by atoms with Crippen LogP contribution in [0, 0.1) is 0 Å². The summed E-state index contributed by atoms with van der Waals surface area (Å²) >= 11 is 0. The van der Waals surface area contributed by atoms with Crippen LogP contribution in [0.2, 0.25) is 0 Å². The van der Waals surface area contributed by atoms with E-state index in [-0.39, 0.29) is 13.2 Å². The van der Waals surface area contributed by atoms with E-state index in [1.807, 2.05) is 0 Å². The molecule has 0 aliphatic rings. The van der Waals surface area contributed by atoms with E-state index in [1.165, 1.54) is 70.9 Å². The third-order valence-corrected chi connectivity index (χ3v) is 6.53. The van der Waals surface area contributed by atoms with Gasteiger partial charge in [-0.1, -0.05) is 85.5 Å². The van der Waals surface area contributed by atoms with E-state index in [9.17, 15) is 9.46 Å². The first-order valence-electron chi connectivity index (χ1n) is 13.6. The van der Waals surface area contributed by atoms with Gasteiger partial charge < -0.3 is 13.9 Å². The van der Waals surface area contributed by atoms with Gasteiger partial charge in [0.05, 0.1) is 26.3 Å². The lowest BCUT2D eigenvalue weighted by molar-refractivity contribution is -0.696. The molecule has 33 heavy (non-hydrogen) atoms.